The highest BCUT2D eigenvalue weighted by Gasteiger charge is 2.17. The lowest BCUT2D eigenvalue weighted by Crippen LogP contribution is -2.43. The fraction of sp³-hybridized carbons (Fsp3) is 0.500. The highest BCUT2D eigenvalue weighted by Crippen LogP contribution is 2.11. The predicted octanol–water partition coefficient (Wildman–Crippen LogP) is 2.37. The van der Waals surface area contributed by atoms with E-state index in [1.807, 2.05) is 6.07 Å². The van der Waals surface area contributed by atoms with E-state index in [0.717, 1.165) is 25.1 Å². The van der Waals surface area contributed by atoms with Crippen molar-refractivity contribution < 1.29 is 9.13 Å². The fourth-order valence-electron chi connectivity index (χ4n) is 1.74. The normalized spacial score (nSPS) is 24.9. The SMILES string of the molecule is CC1CNC(Cc2cccc(F)c2)OC1.Cl. The van der Waals surface area contributed by atoms with E-state index in [1.165, 1.54) is 6.07 Å². The molecular weight excluding hydrogens is 229 g/mol. The molecule has 4 heteroatoms. The van der Waals surface area contributed by atoms with Gasteiger partial charge in [-0.15, -0.1) is 12.4 Å². The van der Waals surface area contributed by atoms with Crippen LogP contribution in [-0.2, 0) is 11.2 Å². The van der Waals surface area contributed by atoms with Crippen LogP contribution in [0.25, 0.3) is 0 Å². The zero-order valence-electron chi connectivity index (χ0n) is 9.28. The fourth-order valence-corrected chi connectivity index (χ4v) is 1.74. The Labute approximate surface area is 102 Å². The van der Waals surface area contributed by atoms with Gasteiger partial charge in [-0.1, -0.05) is 19.1 Å². The second kappa shape index (κ2) is 6.18. The van der Waals surface area contributed by atoms with Crippen LogP contribution in [-0.4, -0.2) is 19.4 Å². The number of benzene rings is 1. The molecule has 1 aromatic rings. The van der Waals surface area contributed by atoms with E-state index in [2.05, 4.69) is 12.2 Å². The van der Waals surface area contributed by atoms with Gasteiger partial charge in [0.15, 0.2) is 0 Å². The number of nitrogens with one attached hydrogen (secondary N) is 1. The Bertz CT molecular complexity index is 327. The molecule has 1 aliphatic rings. The summed E-state index contributed by atoms with van der Waals surface area (Å²) in [7, 11) is 0. The van der Waals surface area contributed by atoms with Gasteiger partial charge in [0.2, 0.25) is 0 Å². The monoisotopic (exact) mass is 245 g/mol. The summed E-state index contributed by atoms with van der Waals surface area (Å²) < 4.78 is 18.5. The molecule has 1 heterocycles. The smallest absolute Gasteiger partial charge is 0.123 e. The molecule has 0 spiro atoms. The Kier molecular flexibility index (Phi) is 5.19. The second-order valence-corrected chi connectivity index (χ2v) is 4.17. The zero-order valence-corrected chi connectivity index (χ0v) is 10.1. The van der Waals surface area contributed by atoms with Crippen LogP contribution in [0, 0.1) is 11.7 Å². The minimum atomic E-state index is -0.184. The molecular formula is C12H17ClFNO. The van der Waals surface area contributed by atoms with Gasteiger partial charge in [-0.3, -0.25) is 5.32 Å². The molecule has 0 amide bonds. The second-order valence-electron chi connectivity index (χ2n) is 4.17. The van der Waals surface area contributed by atoms with E-state index in [4.69, 9.17) is 4.74 Å². The third kappa shape index (κ3) is 3.74. The largest absolute Gasteiger partial charge is 0.363 e. The van der Waals surface area contributed by atoms with E-state index >= 15 is 0 Å². The van der Waals surface area contributed by atoms with Gasteiger partial charge in [0.25, 0.3) is 0 Å². The third-order valence-electron chi connectivity index (χ3n) is 2.59. The van der Waals surface area contributed by atoms with Crippen LogP contribution in [0.5, 0.6) is 0 Å². The van der Waals surface area contributed by atoms with Crippen molar-refractivity contribution in [3.8, 4) is 0 Å². The first-order chi connectivity index (χ1) is 7.24. The van der Waals surface area contributed by atoms with Gasteiger partial charge >= 0.3 is 0 Å². The predicted molar refractivity (Wildman–Crippen MR) is 64.3 cm³/mol. The number of hydrogen-bond acceptors (Lipinski definition) is 2. The Morgan fingerprint density at radius 3 is 2.94 bits per heavy atom. The molecule has 2 rings (SSSR count). The van der Waals surface area contributed by atoms with Gasteiger partial charge in [0, 0.05) is 13.0 Å². The van der Waals surface area contributed by atoms with Crippen LogP contribution < -0.4 is 5.32 Å². The summed E-state index contributed by atoms with van der Waals surface area (Å²) in [5.74, 6) is 0.380. The minimum Gasteiger partial charge on any atom is -0.363 e. The maximum absolute atomic E-state index is 12.9. The van der Waals surface area contributed by atoms with Gasteiger partial charge in [0.1, 0.15) is 12.0 Å². The quantitative estimate of drug-likeness (QED) is 0.864. The van der Waals surface area contributed by atoms with Gasteiger partial charge in [-0.2, -0.15) is 0 Å². The molecule has 1 N–H and O–H groups in total. The lowest BCUT2D eigenvalue weighted by molar-refractivity contribution is -0.0228. The van der Waals surface area contributed by atoms with Crippen molar-refractivity contribution in [2.45, 2.75) is 19.6 Å². The maximum atomic E-state index is 12.9. The number of hydrogen-bond donors (Lipinski definition) is 1. The summed E-state index contributed by atoms with van der Waals surface area (Å²) >= 11 is 0. The average molecular weight is 246 g/mol. The van der Waals surface area contributed by atoms with Crippen LogP contribution in [0.15, 0.2) is 24.3 Å². The summed E-state index contributed by atoms with van der Waals surface area (Å²) in [5.41, 5.74) is 0.974. The highest BCUT2D eigenvalue weighted by atomic mass is 35.5. The van der Waals surface area contributed by atoms with Crippen molar-refractivity contribution in [2.75, 3.05) is 13.2 Å². The molecule has 1 saturated heterocycles. The average Bonchev–Trinajstić information content (AvgIpc) is 2.22. The van der Waals surface area contributed by atoms with Crippen molar-refractivity contribution in [2.24, 2.45) is 5.92 Å². The van der Waals surface area contributed by atoms with Gasteiger partial charge < -0.3 is 4.74 Å². The molecule has 90 valence electrons. The Hall–Kier alpha value is -0.640. The Balaban J connectivity index is 0.00000128. The Morgan fingerprint density at radius 1 is 1.50 bits per heavy atom. The molecule has 1 fully saturated rings. The van der Waals surface area contributed by atoms with Gasteiger partial charge in [0.05, 0.1) is 6.61 Å². The molecule has 1 aromatic carbocycles. The molecule has 0 aliphatic carbocycles. The van der Waals surface area contributed by atoms with Crippen LogP contribution >= 0.6 is 12.4 Å². The molecule has 0 aromatic heterocycles. The van der Waals surface area contributed by atoms with Crippen molar-refractivity contribution >= 4 is 12.4 Å². The van der Waals surface area contributed by atoms with E-state index < -0.39 is 0 Å². The molecule has 2 unspecified atom stereocenters. The first-order valence-corrected chi connectivity index (χ1v) is 5.33. The van der Waals surface area contributed by atoms with E-state index in [9.17, 15) is 4.39 Å². The van der Waals surface area contributed by atoms with Crippen LogP contribution in [0.3, 0.4) is 0 Å². The number of ether oxygens (including phenoxy) is 1. The zero-order chi connectivity index (χ0) is 10.7. The number of halogens is 2. The van der Waals surface area contributed by atoms with Gasteiger partial charge in [-0.25, -0.2) is 4.39 Å². The first kappa shape index (κ1) is 13.4. The lowest BCUT2D eigenvalue weighted by Gasteiger charge is -2.28. The molecule has 0 radical (unpaired) electrons. The maximum Gasteiger partial charge on any atom is 0.123 e. The molecule has 0 saturated carbocycles. The summed E-state index contributed by atoms with van der Waals surface area (Å²) in [6.45, 7) is 3.90. The highest BCUT2D eigenvalue weighted by molar-refractivity contribution is 5.85. The van der Waals surface area contributed by atoms with Crippen molar-refractivity contribution in [3.63, 3.8) is 0 Å². The molecule has 0 bridgehead atoms. The summed E-state index contributed by atoms with van der Waals surface area (Å²) in [6.07, 6.45) is 0.757. The van der Waals surface area contributed by atoms with Crippen molar-refractivity contribution in [3.05, 3.63) is 35.6 Å². The van der Waals surface area contributed by atoms with Crippen LogP contribution in [0.1, 0.15) is 12.5 Å². The molecule has 16 heavy (non-hydrogen) atoms. The molecule has 2 nitrogen and oxygen atoms in total. The van der Waals surface area contributed by atoms with Crippen LogP contribution in [0.4, 0.5) is 4.39 Å². The lowest BCUT2D eigenvalue weighted by atomic mass is 10.1. The van der Waals surface area contributed by atoms with Gasteiger partial charge in [-0.05, 0) is 23.6 Å². The first-order valence-electron chi connectivity index (χ1n) is 5.33. The minimum absolute atomic E-state index is 0. The molecule has 1 aliphatic heterocycles. The van der Waals surface area contributed by atoms with E-state index in [-0.39, 0.29) is 24.5 Å². The summed E-state index contributed by atoms with van der Waals surface area (Å²) in [5, 5.41) is 3.29. The summed E-state index contributed by atoms with van der Waals surface area (Å²) in [4.78, 5) is 0. The topological polar surface area (TPSA) is 21.3 Å². The van der Waals surface area contributed by atoms with Crippen LogP contribution in [0.2, 0.25) is 0 Å². The Morgan fingerprint density at radius 2 is 2.31 bits per heavy atom. The number of rotatable bonds is 2. The third-order valence-corrected chi connectivity index (χ3v) is 2.59. The van der Waals surface area contributed by atoms with E-state index in [0.29, 0.717) is 5.92 Å². The standard InChI is InChI=1S/C12H16FNO.ClH/c1-9-7-14-12(15-8-9)6-10-3-2-4-11(13)5-10;/h2-5,9,12,14H,6-8H2,1H3;1H. The van der Waals surface area contributed by atoms with Crippen molar-refractivity contribution in [1.82, 2.24) is 5.32 Å². The van der Waals surface area contributed by atoms with Crippen molar-refractivity contribution in [1.29, 1.82) is 0 Å². The summed E-state index contributed by atoms with van der Waals surface area (Å²) in [6, 6.07) is 6.67. The molecule has 2 atom stereocenters. The van der Waals surface area contributed by atoms with E-state index in [1.54, 1.807) is 12.1 Å².